The minimum absolute atomic E-state index is 0.211. The Balaban J connectivity index is 1.62. The number of nitrogen functional groups attached to an aromatic ring is 1. The maximum absolute atomic E-state index is 12.6. The molecule has 0 atom stereocenters. The van der Waals surface area contributed by atoms with E-state index in [9.17, 15) is 8.42 Å². The molecule has 0 spiro atoms. The fourth-order valence-electron chi connectivity index (χ4n) is 2.81. The van der Waals surface area contributed by atoms with Crippen LogP contribution in [-0.2, 0) is 14.8 Å². The number of hydrogen-bond donors (Lipinski definition) is 1. The van der Waals surface area contributed by atoms with E-state index < -0.39 is 10.0 Å². The van der Waals surface area contributed by atoms with Gasteiger partial charge in [0.15, 0.2) is 0 Å². The van der Waals surface area contributed by atoms with Crippen LogP contribution in [0.2, 0.25) is 0 Å². The Morgan fingerprint density at radius 1 is 1.10 bits per heavy atom. The number of rotatable bonds is 4. The zero-order valence-electron chi connectivity index (χ0n) is 12.1. The Bertz CT molecular complexity index is 591. The highest BCUT2D eigenvalue weighted by molar-refractivity contribution is 7.89. The second kappa shape index (κ2) is 5.94. The molecule has 0 bridgehead atoms. The zero-order valence-corrected chi connectivity index (χ0v) is 12.9. The van der Waals surface area contributed by atoms with Gasteiger partial charge in [-0.3, -0.25) is 0 Å². The predicted octanol–water partition coefficient (Wildman–Crippen LogP) is 1.99. The van der Waals surface area contributed by atoms with Crippen molar-refractivity contribution in [1.82, 2.24) is 4.31 Å². The molecule has 116 valence electrons. The van der Waals surface area contributed by atoms with Crippen molar-refractivity contribution in [1.29, 1.82) is 0 Å². The van der Waals surface area contributed by atoms with Crippen molar-refractivity contribution in [2.75, 3.05) is 18.8 Å². The largest absolute Gasteiger partial charge is 0.399 e. The van der Waals surface area contributed by atoms with Gasteiger partial charge in [0, 0.05) is 18.8 Å². The molecular weight excluding hydrogens is 288 g/mol. The molecule has 1 aliphatic heterocycles. The van der Waals surface area contributed by atoms with E-state index in [0.717, 1.165) is 25.7 Å². The van der Waals surface area contributed by atoms with E-state index in [1.54, 1.807) is 22.5 Å². The highest BCUT2D eigenvalue weighted by Gasteiger charge is 2.31. The summed E-state index contributed by atoms with van der Waals surface area (Å²) in [5, 5.41) is 0. The Morgan fingerprint density at radius 2 is 1.76 bits per heavy atom. The third-order valence-corrected chi connectivity index (χ3v) is 6.23. The number of sulfonamides is 1. The second-order valence-electron chi connectivity index (χ2n) is 5.86. The smallest absolute Gasteiger partial charge is 0.243 e. The average molecular weight is 310 g/mol. The van der Waals surface area contributed by atoms with Gasteiger partial charge in [-0.1, -0.05) is 6.07 Å². The van der Waals surface area contributed by atoms with Crippen molar-refractivity contribution in [2.24, 2.45) is 0 Å². The summed E-state index contributed by atoms with van der Waals surface area (Å²) in [4.78, 5) is 0.279. The van der Waals surface area contributed by atoms with Gasteiger partial charge in [-0.15, -0.1) is 0 Å². The first kappa shape index (κ1) is 14.8. The van der Waals surface area contributed by atoms with Gasteiger partial charge >= 0.3 is 0 Å². The molecule has 1 aromatic rings. The average Bonchev–Trinajstić information content (AvgIpc) is 2.43. The van der Waals surface area contributed by atoms with Gasteiger partial charge in [0.2, 0.25) is 10.0 Å². The molecule has 0 radical (unpaired) electrons. The molecular formula is C15H22N2O3S. The summed E-state index contributed by atoms with van der Waals surface area (Å²) in [7, 11) is -3.43. The Morgan fingerprint density at radius 3 is 2.33 bits per heavy atom. The summed E-state index contributed by atoms with van der Waals surface area (Å²) in [6.45, 7) is 1.04. The fourth-order valence-corrected chi connectivity index (χ4v) is 4.34. The van der Waals surface area contributed by atoms with E-state index >= 15 is 0 Å². The number of anilines is 1. The van der Waals surface area contributed by atoms with Crippen LogP contribution < -0.4 is 5.73 Å². The van der Waals surface area contributed by atoms with Crippen LogP contribution in [0.1, 0.15) is 32.1 Å². The van der Waals surface area contributed by atoms with Gasteiger partial charge in [-0.2, -0.15) is 4.31 Å². The molecule has 1 saturated heterocycles. The highest BCUT2D eigenvalue weighted by Crippen LogP contribution is 2.28. The summed E-state index contributed by atoms with van der Waals surface area (Å²) < 4.78 is 32.6. The molecule has 0 amide bonds. The Labute approximate surface area is 126 Å². The molecule has 0 unspecified atom stereocenters. The van der Waals surface area contributed by atoms with E-state index in [4.69, 9.17) is 10.5 Å². The number of nitrogens with two attached hydrogens (primary N) is 1. The molecule has 5 nitrogen and oxygen atoms in total. The summed E-state index contributed by atoms with van der Waals surface area (Å²) in [6.07, 6.45) is 5.74. The third kappa shape index (κ3) is 3.22. The minimum Gasteiger partial charge on any atom is -0.399 e. The second-order valence-corrected chi connectivity index (χ2v) is 7.80. The maximum Gasteiger partial charge on any atom is 0.243 e. The van der Waals surface area contributed by atoms with Crippen molar-refractivity contribution >= 4 is 15.7 Å². The molecule has 2 fully saturated rings. The van der Waals surface area contributed by atoms with Gasteiger partial charge in [-0.25, -0.2) is 8.42 Å². The first-order valence-corrected chi connectivity index (χ1v) is 9.01. The van der Waals surface area contributed by atoms with Gasteiger partial charge < -0.3 is 10.5 Å². The van der Waals surface area contributed by atoms with Crippen LogP contribution >= 0.6 is 0 Å². The topological polar surface area (TPSA) is 72.6 Å². The molecule has 1 aromatic carbocycles. The van der Waals surface area contributed by atoms with Crippen molar-refractivity contribution in [3.05, 3.63) is 24.3 Å². The lowest BCUT2D eigenvalue weighted by Gasteiger charge is -2.35. The van der Waals surface area contributed by atoms with Gasteiger partial charge in [-0.05, 0) is 50.3 Å². The van der Waals surface area contributed by atoms with E-state index in [0.29, 0.717) is 24.9 Å². The van der Waals surface area contributed by atoms with Gasteiger partial charge in [0.1, 0.15) is 0 Å². The van der Waals surface area contributed by atoms with Gasteiger partial charge in [0.25, 0.3) is 0 Å². The lowest BCUT2D eigenvalue weighted by Crippen LogP contribution is -2.42. The standard InChI is InChI=1S/C15H22N2O3S/c16-12-3-1-6-15(11-12)21(18,19)17-9-7-14(8-10-17)20-13-4-2-5-13/h1,3,6,11,13-14H,2,4-5,7-10,16H2. The molecule has 3 rings (SSSR count). The number of nitrogens with zero attached hydrogens (tertiary/aromatic N) is 1. The molecule has 21 heavy (non-hydrogen) atoms. The molecule has 2 aliphatic rings. The van der Waals surface area contributed by atoms with Crippen LogP contribution in [0.3, 0.4) is 0 Å². The van der Waals surface area contributed by atoms with Crippen molar-refractivity contribution in [3.8, 4) is 0 Å². The summed E-state index contributed by atoms with van der Waals surface area (Å²) >= 11 is 0. The first-order valence-electron chi connectivity index (χ1n) is 7.57. The number of hydrogen-bond acceptors (Lipinski definition) is 4. The van der Waals surface area contributed by atoms with Crippen molar-refractivity contribution in [2.45, 2.75) is 49.2 Å². The van der Waals surface area contributed by atoms with Crippen LogP contribution in [0.4, 0.5) is 5.69 Å². The predicted molar refractivity (Wildman–Crippen MR) is 81.4 cm³/mol. The van der Waals surface area contributed by atoms with Crippen LogP contribution in [0, 0.1) is 0 Å². The quantitative estimate of drug-likeness (QED) is 0.863. The van der Waals surface area contributed by atoms with E-state index in [2.05, 4.69) is 0 Å². The Hall–Kier alpha value is -1.11. The van der Waals surface area contributed by atoms with Crippen LogP contribution in [0.5, 0.6) is 0 Å². The van der Waals surface area contributed by atoms with Gasteiger partial charge in [0.05, 0.1) is 17.1 Å². The molecule has 1 saturated carbocycles. The van der Waals surface area contributed by atoms with Crippen molar-refractivity contribution < 1.29 is 13.2 Å². The molecule has 1 aliphatic carbocycles. The minimum atomic E-state index is -3.43. The molecule has 2 N–H and O–H groups in total. The maximum atomic E-state index is 12.6. The van der Waals surface area contributed by atoms with Crippen LogP contribution in [0.15, 0.2) is 29.2 Å². The van der Waals surface area contributed by atoms with Crippen LogP contribution in [0.25, 0.3) is 0 Å². The van der Waals surface area contributed by atoms with Crippen molar-refractivity contribution in [3.63, 3.8) is 0 Å². The monoisotopic (exact) mass is 310 g/mol. The normalized spacial score (nSPS) is 22.1. The Kier molecular flexibility index (Phi) is 4.19. The summed E-state index contributed by atoms with van der Waals surface area (Å²) in [5.41, 5.74) is 6.15. The lowest BCUT2D eigenvalue weighted by molar-refractivity contribution is -0.0674. The molecule has 6 heteroatoms. The SMILES string of the molecule is Nc1cccc(S(=O)(=O)N2CCC(OC3CCC3)CC2)c1. The number of piperidine rings is 1. The fraction of sp³-hybridized carbons (Fsp3) is 0.600. The number of ether oxygens (including phenoxy) is 1. The summed E-state index contributed by atoms with van der Waals surface area (Å²) in [6, 6.07) is 6.49. The molecule has 0 aromatic heterocycles. The first-order chi connectivity index (χ1) is 10.1. The third-order valence-electron chi connectivity index (χ3n) is 4.33. The number of benzene rings is 1. The van der Waals surface area contributed by atoms with E-state index in [1.807, 2.05) is 0 Å². The van der Waals surface area contributed by atoms with E-state index in [1.165, 1.54) is 12.5 Å². The molecule has 1 heterocycles. The zero-order chi connectivity index (χ0) is 14.9. The van der Waals surface area contributed by atoms with E-state index in [-0.39, 0.29) is 11.0 Å². The summed E-state index contributed by atoms with van der Waals surface area (Å²) in [5.74, 6) is 0. The lowest BCUT2D eigenvalue weighted by atomic mass is 9.95. The highest BCUT2D eigenvalue weighted by atomic mass is 32.2. The van der Waals surface area contributed by atoms with Crippen LogP contribution in [-0.4, -0.2) is 38.0 Å².